The third-order valence-corrected chi connectivity index (χ3v) is 21.2. The molecule has 570 valence electrons. The lowest BCUT2D eigenvalue weighted by atomic mass is 9.60. The number of hydrogen-bond donors (Lipinski definition) is 0. The number of pyridine rings is 10. The van der Waals surface area contributed by atoms with E-state index >= 15 is 0 Å². The van der Waals surface area contributed by atoms with Gasteiger partial charge in [-0.25, -0.2) is 32.4 Å². The maximum absolute atomic E-state index is 8.42. The zero-order chi connectivity index (χ0) is 86.0. The Labute approximate surface area is 693 Å². The summed E-state index contributed by atoms with van der Waals surface area (Å²) in [5.74, 6) is 18.9. The number of hydrogen-bond acceptors (Lipinski definition) is 10. The lowest BCUT2D eigenvalue weighted by Gasteiger charge is -2.26. The second-order valence-corrected chi connectivity index (χ2v) is 30.0. The largest absolute Gasteiger partial charge is 0.404 e. The van der Waals surface area contributed by atoms with Gasteiger partial charge in [-0.3, -0.25) is 43.8 Å². The summed E-state index contributed by atoms with van der Waals surface area (Å²) in [7, 11) is 12.2. The van der Waals surface area contributed by atoms with Gasteiger partial charge in [-0.05, 0) is 155 Å². The van der Waals surface area contributed by atoms with Gasteiger partial charge in [-0.1, -0.05) is 155 Å². The number of benzene rings is 2. The van der Waals surface area contributed by atoms with Crippen molar-refractivity contribution in [3.8, 4) is 0 Å². The van der Waals surface area contributed by atoms with Crippen LogP contribution in [-0.4, -0.2) is 61.0 Å². The van der Waals surface area contributed by atoms with E-state index in [0.717, 1.165) is 62.8 Å². The van der Waals surface area contributed by atoms with E-state index in [-0.39, 0.29) is 19.6 Å². The molecule has 0 saturated heterocycles. The van der Waals surface area contributed by atoms with Crippen molar-refractivity contribution >= 4 is 147 Å². The van der Waals surface area contributed by atoms with Gasteiger partial charge in [0.05, 0.1) is 85.7 Å². The fourth-order valence-electron chi connectivity index (χ4n) is 15.2. The maximum atomic E-state index is 8.42. The van der Waals surface area contributed by atoms with Crippen molar-refractivity contribution in [1.29, 1.82) is 0 Å². The highest BCUT2D eigenvalue weighted by atomic mass is 15.2. The van der Waals surface area contributed by atoms with Crippen LogP contribution >= 0.6 is 0 Å². The van der Waals surface area contributed by atoms with Gasteiger partial charge < -0.3 is 0 Å². The summed E-state index contributed by atoms with van der Waals surface area (Å²) in [4.78, 5) is 31.0. The van der Waals surface area contributed by atoms with Crippen LogP contribution in [0, 0.1) is 5.92 Å². The molecular weight excluding hydrogens is 1410 g/mol. The summed E-state index contributed by atoms with van der Waals surface area (Å²) < 4.78 is 60.9. The summed E-state index contributed by atoms with van der Waals surface area (Å²) in [5.41, 5.74) is 13.9. The van der Waals surface area contributed by atoms with Crippen LogP contribution in [0.15, 0.2) is 292 Å². The molecule has 10 aromatic heterocycles. The number of aryl methyl sites for hydroxylation is 6. The van der Waals surface area contributed by atoms with Gasteiger partial charge in [0.1, 0.15) is 34.1 Å². The molecule has 16 heterocycles. The Morgan fingerprint density at radius 1 is 0.348 bits per heavy atom. The number of aromatic nitrogens is 10. The normalized spacial score (nSPS) is 15.2. The molecule has 1 atom stereocenters. The molecule has 22 heteroatoms. The molecule has 0 radical (unpaired) electrons. The first-order valence-corrected chi connectivity index (χ1v) is 39.6. The summed E-state index contributed by atoms with van der Waals surface area (Å²) in [6.45, 7) is 17.6. The molecule has 0 aliphatic carbocycles. The third kappa shape index (κ3) is 18.5. The van der Waals surface area contributed by atoms with Crippen molar-refractivity contribution in [2.45, 2.75) is 80.8 Å². The average Bonchev–Trinajstić information content (AvgIpc) is 0.751. The van der Waals surface area contributed by atoms with Gasteiger partial charge in [0.2, 0.25) is 5.82 Å². The predicted octanol–water partition coefficient (Wildman–Crippen LogP) is 16.9. The van der Waals surface area contributed by atoms with E-state index in [1.54, 1.807) is 6.07 Å². The van der Waals surface area contributed by atoms with Crippen molar-refractivity contribution < 1.29 is 35.6 Å². The topological polar surface area (TPSA) is 94.3 Å². The Balaban J connectivity index is 0.000000126. The van der Waals surface area contributed by atoms with E-state index in [0.29, 0.717) is 33.0 Å². The number of para-hydroxylation sites is 2. The molecule has 18 rings (SSSR count). The monoisotopic (exact) mass is 1520 g/mol. The van der Waals surface area contributed by atoms with E-state index < -0.39 is 19.1 Å². The standard InChI is InChI=1S/C19H24BN2.C18H22BN2.4C14H15BN3/c1-15(2)13-16-10-12-21(4)19(14-16)22-18-8-6-5-7-17(18)9-11-20(22)3;1-14(2)16-10-12-20(4)18(13-16)21-17-8-6-5-7-15(17)9-11-19(21)3;1-15-9-8-12-13(6-5-10-16-12)18(15)14-7-3-4-11-17(14)2;1-15-9-8-12-6-5-10-16-14(12)18(15)13-7-3-4-11-17(13)2;1-15-8-6-12-11-16-9-7-13(12)18(15)14-5-3-4-10-17(14)2;1-15-8-6-12-7-9-16-11-13(12)18(15)14-5-3-4-10-17(14)2/h5-12,14-15H,13H2,1-4H3;5-14H,1-4H3;4*3-11H,1-2H3/q6*+1/i13D2;1D3,14D;;;;. The van der Waals surface area contributed by atoms with E-state index in [2.05, 4.69) is 335 Å². The fourth-order valence-corrected chi connectivity index (χ4v) is 15.2. The van der Waals surface area contributed by atoms with Crippen molar-refractivity contribution in [3.05, 3.63) is 337 Å². The van der Waals surface area contributed by atoms with E-state index in [9.17, 15) is 0 Å². The third-order valence-electron chi connectivity index (χ3n) is 21.2. The molecule has 6 aliphatic rings. The molecule has 6 aliphatic heterocycles. The Morgan fingerprint density at radius 2 is 0.730 bits per heavy atom. The van der Waals surface area contributed by atoms with Crippen LogP contribution < -0.4 is 56.3 Å². The smallest absolute Gasteiger partial charge is 0.287 e. The van der Waals surface area contributed by atoms with Crippen LogP contribution in [0.1, 0.15) is 86.4 Å². The highest BCUT2D eigenvalue weighted by Crippen LogP contribution is 2.38. The SMILES string of the molecule is CB1C=Cc2cccnc2N1c1cccc[n+]1C.CB1C=Cc2ccncc2N1c1cccc[n+]1C.CB1C=Cc2cnccc2N1c1cccc[n+]1C.CB1C=Cc2ncccc2N1c1cccc[n+]1C.[2H]C([2H])([2H])C([2H])(C)c1cc[n+](C)c(N2B(C)C=Cc3ccccc32)c1.[2H]C([2H])(c1cc[n+](C)c(N2B(C)C=Cc3ccccc32)c1)C(C)C. The van der Waals surface area contributed by atoms with Gasteiger partial charge in [0.15, 0.2) is 0 Å². The molecule has 0 amide bonds. The molecule has 2 aromatic carbocycles. The molecule has 12 aromatic rings. The van der Waals surface area contributed by atoms with Crippen LogP contribution in [0.2, 0.25) is 40.9 Å². The van der Waals surface area contributed by atoms with Crippen LogP contribution in [0.5, 0.6) is 0 Å². The number of fused-ring (bicyclic) bond motifs is 6. The minimum Gasteiger partial charge on any atom is -0.287 e. The highest BCUT2D eigenvalue weighted by Gasteiger charge is 2.39. The van der Waals surface area contributed by atoms with Crippen LogP contribution in [-0.2, 0) is 48.7 Å². The van der Waals surface area contributed by atoms with Crippen LogP contribution in [0.3, 0.4) is 0 Å². The molecule has 0 saturated carbocycles. The molecule has 115 heavy (non-hydrogen) atoms. The Hall–Kier alpha value is -12.4. The van der Waals surface area contributed by atoms with Gasteiger partial charge >= 0.3 is 41.1 Å². The van der Waals surface area contributed by atoms with Crippen LogP contribution in [0.4, 0.5) is 69.2 Å². The molecular formula is C93H106B6N16+6. The number of nitrogens with zero attached hydrogens (tertiary/aromatic N) is 16. The summed E-state index contributed by atoms with van der Waals surface area (Å²) in [6, 6.07) is 61.1. The lowest BCUT2D eigenvalue weighted by Crippen LogP contribution is -2.43. The van der Waals surface area contributed by atoms with Gasteiger partial charge in [0.25, 0.3) is 34.9 Å². The fraction of sp³-hybridized carbons (Fsp3) is 0.204. The minimum absolute atomic E-state index is 0.0796. The summed E-state index contributed by atoms with van der Waals surface area (Å²) in [5, 5.41) is 0. The second kappa shape index (κ2) is 37.0. The minimum atomic E-state index is -2.39. The molecule has 0 N–H and O–H groups in total. The number of rotatable bonds is 9. The first-order valence-electron chi connectivity index (χ1n) is 42.6. The average molecular weight is 1520 g/mol. The van der Waals surface area contributed by atoms with E-state index in [4.69, 9.17) is 8.22 Å². The molecule has 0 fully saturated rings. The van der Waals surface area contributed by atoms with Crippen molar-refractivity contribution in [2.75, 3.05) is 28.9 Å². The van der Waals surface area contributed by atoms with E-state index in [1.807, 2.05) is 161 Å². The van der Waals surface area contributed by atoms with Crippen LogP contribution in [0.25, 0.3) is 36.5 Å². The van der Waals surface area contributed by atoms with Crippen molar-refractivity contribution in [3.63, 3.8) is 0 Å². The Kier molecular flexibility index (Phi) is 23.4. The van der Waals surface area contributed by atoms with Crippen molar-refractivity contribution in [1.82, 2.24) is 19.9 Å². The molecule has 0 spiro atoms. The zero-order valence-electron chi connectivity index (χ0n) is 74.9. The van der Waals surface area contributed by atoms with Gasteiger partial charge in [-0.2, -0.15) is 0 Å². The highest BCUT2D eigenvalue weighted by molar-refractivity contribution is 6.72. The summed E-state index contributed by atoms with van der Waals surface area (Å²) >= 11 is 0. The quantitative estimate of drug-likeness (QED) is 0.103. The number of anilines is 12. The lowest BCUT2D eigenvalue weighted by molar-refractivity contribution is -0.658. The molecule has 1 unspecified atom stereocenters. The Bertz CT molecular complexity index is 5450. The second-order valence-electron chi connectivity index (χ2n) is 30.0. The van der Waals surface area contributed by atoms with Crippen molar-refractivity contribution in [2.24, 2.45) is 48.2 Å². The molecule has 16 nitrogen and oxygen atoms in total. The zero-order valence-corrected chi connectivity index (χ0v) is 68.9. The predicted molar refractivity (Wildman–Crippen MR) is 485 cm³/mol. The molecule has 0 bridgehead atoms. The van der Waals surface area contributed by atoms with E-state index in [1.165, 1.54) is 52.3 Å². The summed E-state index contributed by atoms with van der Waals surface area (Å²) in [6.07, 6.45) is 34.7. The first-order chi connectivity index (χ1) is 58.0. The maximum Gasteiger partial charge on any atom is 0.404 e. The van der Waals surface area contributed by atoms with Gasteiger partial charge in [0, 0.05) is 109 Å². The Morgan fingerprint density at radius 3 is 1.27 bits per heavy atom. The first kappa shape index (κ1) is 72.8. The van der Waals surface area contributed by atoms with Gasteiger partial charge in [-0.15, -0.1) is 0 Å².